The molecule has 7 heteroatoms. The SMILES string of the molecule is N#C/C(=C\c1ccc(OC(=O)c2cccc3ccccc23)cc1)C(=O)Nc1ccccc1C(=O)O. The number of esters is 1. The van der Waals surface area contributed by atoms with Crippen LogP contribution in [-0.4, -0.2) is 23.0 Å². The second-order valence-electron chi connectivity index (χ2n) is 7.46. The number of rotatable bonds is 6. The fourth-order valence-corrected chi connectivity index (χ4v) is 3.48. The van der Waals surface area contributed by atoms with Crippen LogP contribution in [0.2, 0.25) is 0 Å². The van der Waals surface area contributed by atoms with Gasteiger partial charge in [0, 0.05) is 0 Å². The summed E-state index contributed by atoms with van der Waals surface area (Å²) in [5.74, 6) is -2.14. The summed E-state index contributed by atoms with van der Waals surface area (Å²) in [6, 6.07) is 26.9. The number of fused-ring (bicyclic) bond motifs is 1. The highest BCUT2D eigenvalue weighted by atomic mass is 16.5. The van der Waals surface area contributed by atoms with Gasteiger partial charge < -0.3 is 15.2 Å². The molecule has 4 rings (SSSR count). The highest BCUT2D eigenvalue weighted by molar-refractivity contribution is 6.11. The summed E-state index contributed by atoms with van der Waals surface area (Å²) in [4.78, 5) is 36.6. The van der Waals surface area contributed by atoms with Crippen molar-refractivity contribution < 1.29 is 24.2 Å². The molecule has 0 fully saturated rings. The normalized spacial score (nSPS) is 10.9. The summed E-state index contributed by atoms with van der Waals surface area (Å²) in [7, 11) is 0. The van der Waals surface area contributed by atoms with E-state index in [2.05, 4.69) is 5.32 Å². The number of benzene rings is 4. The van der Waals surface area contributed by atoms with Crippen molar-refractivity contribution in [2.75, 3.05) is 5.32 Å². The van der Waals surface area contributed by atoms with Crippen molar-refractivity contribution in [1.29, 1.82) is 5.26 Å². The number of nitrogens with one attached hydrogen (secondary N) is 1. The number of carbonyl (C=O) groups excluding carboxylic acids is 2. The van der Waals surface area contributed by atoms with Gasteiger partial charge in [0.25, 0.3) is 5.91 Å². The van der Waals surface area contributed by atoms with Gasteiger partial charge in [-0.3, -0.25) is 4.79 Å². The number of hydrogen-bond acceptors (Lipinski definition) is 5. The zero-order valence-corrected chi connectivity index (χ0v) is 18.3. The Balaban J connectivity index is 1.49. The predicted octanol–water partition coefficient (Wildman–Crippen LogP) is 5.30. The maximum Gasteiger partial charge on any atom is 0.344 e. The minimum absolute atomic E-state index is 0.0850. The molecule has 0 aliphatic carbocycles. The second kappa shape index (κ2) is 10.1. The predicted molar refractivity (Wildman–Crippen MR) is 131 cm³/mol. The van der Waals surface area contributed by atoms with Crippen LogP contribution >= 0.6 is 0 Å². The third-order valence-electron chi connectivity index (χ3n) is 5.18. The van der Waals surface area contributed by atoms with Crippen LogP contribution in [0.25, 0.3) is 16.8 Å². The average molecular weight is 462 g/mol. The first-order valence-corrected chi connectivity index (χ1v) is 10.5. The van der Waals surface area contributed by atoms with Gasteiger partial charge in [-0.2, -0.15) is 5.26 Å². The molecule has 0 atom stereocenters. The fraction of sp³-hybridized carbons (Fsp3) is 0. The zero-order chi connectivity index (χ0) is 24.8. The van der Waals surface area contributed by atoms with Gasteiger partial charge in [-0.1, -0.05) is 60.7 Å². The van der Waals surface area contributed by atoms with E-state index in [-0.39, 0.29) is 16.8 Å². The Bertz CT molecular complexity index is 1510. The van der Waals surface area contributed by atoms with Crippen molar-refractivity contribution in [2.24, 2.45) is 0 Å². The lowest BCUT2D eigenvalue weighted by Crippen LogP contribution is -2.16. The van der Waals surface area contributed by atoms with Crippen LogP contribution in [0.1, 0.15) is 26.3 Å². The number of ether oxygens (including phenoxy) is 1. The molecule has 0 radical (unpaired) electrons. The standard InChI is InChI=1S/C28H18N2O5/c29-17-20(26(31)30-25-11-4-3-9-24(25)27(32)33)16-18-12-14-21(15-13-18)35-28(34)23-10-5-7-19-6-1-2-8-22(19)23/h1-16H,(H,30,31)(H,32,33)/b20-16+. The van der Waals surface area contributed by atoms with E-state index in [1.165, 1.54) is 24.3 Å². The lowest BCUT2D eigenvalue weighted by molar-refractivity contribution is -0.112. The summed E-state index contributed by atoms with van der Waals surface area (Å²) >= 11 is 0. The summed E-state index contributed by atoms with van der Waals surface area (Å²) < 4.78 is 5.50. The van der Waals surface area contributed by atoms with Crippen molar-refractivity contribution in [3.05, 3.63) is 113 Å². The molecule has 2 N–H and O–H groups in total. The Labute approximate surface area is 200 Å². The average Bonchev–Trinajstić information content (AvgIpc) is 2.88. The lowest BCUT2D eigenvalue weighted by atomic mass is 10.0. The molecule has 0 saturated heterocycles. The Morgan fingerprint density at radius 3 is 2.23 bits per heavy atom. The maximum absolute atomic E-state index is 12.7. The summed E-state index contributed by atoms with van der Waals surface area (Å²) in [5.41, 5.74) is 0.744. The van der Waals surface area contributed by atoms with E-state index in [1.54, 1.807) is 42.5 Å². The zero-order valence-electron chi connectivity index (χ0n) is 18.3. The largest absolute Gasteiger partial charge is 0.478 e. The molecule has 0 saturated carbocycles. The molecule has 0 unspecified atom stereocenters. The van der Waals surface area contributed by atoms with Crippen molar-refractivity contribution in [2.45, 2.75) is 0 Å². The van der Waals surface area contributed by atoms with E-state index in [9.17, 15) is 24.8 Å². The molecule has 0 spiro atoms. The third-order valence-corrected chi connectivity index (χ3v) is 5.18. The number of nitriles is 1. The highest BCUT2D eigenvalue weighted by Crippen LogP contribution is 2.22. The van der Waals surface area contributed by atoms with Gasteiger partial charge in [0.2, 0.25) is 0 Å². The van der Waals surface area contributed by atoms with E-state index >= 15 is 0 Å². The van der Waals surface area contributed by atoms with Crippen LogP contribution in [0.5, 0.6) is 5.75 Å². The number of para-hydroxylation sites is 1. The Hall–Kier alpha value is -5.22. The summed E-state index contributed by atoms with van der Waals surface area (Å²) in [6.45, 7) is 0. The first-order valence-electron chi connectivity index (χ1n) is 10.5. The number of nitrogens with zero attached hydrogens (tertiary/aromatic N) is 1. The molecule has 4 aromatic carbocycles. The van der Waals surface area contributed by atoms with Gasteiger partial charge in [0.1, 0.15) is 17.4 Å². The molecule has 4 aromatic rings. The van der Waals surface area contributed by atoms with Crippen LogP contribution in [0.3, 0.4) is 0 Å². The topological polar surface area (TPSA) is 116 Å². The second-order valence-corrected chi connectivity index (χ2v) is 7.46. The summed E-state index contributed by atoms with van der Waals surface area (Å²) in [6.07, 6.45) is 1.36. The minimum Gasteiger partial charge on any atom is -0.478 e. The van der Waals surface area contributed by atoms with Gasteiger partial charge in [-0.25, -0.2) is 9.59 Å². The van der Waals surface area contributed by atoms with Crippen LogP contribution in [-0.2, 0) is 4.79 Å². The monoisotopic (exact) mass is 462 g/mol. The number of carboxylic acid groups (broad SMARTS) is 1. The van der Waals surface area contributed by atoms with Crippen molar-refractivity contribution in [3.63, 3.8) is 0 Å². The number of anilines is 1. The van der Waals surface area contributed by atoms with E-state index in [0.29, 0.717) is 16.9 Å². The molecule has 0 bridgehead atoms. The minimum atomic E-state index is -1.20. The van der Waals surface area contributed by atoms with E-state index in [1.807, 2.05) is 36.4 Å². The van der Waals surface area contributed by atoms with Crippen LogP contribution in [0, 0.1) is 11.3 Å². The van der Waals surface area contributed by atoms with E-state index in [4.69, 9.17) is 4.74 Å². The van der Waals surface area contributed by atoms with Gasteiger partial charge >= 0.3 is 11.9 Å². The molecule has 0 aliphatic rings. The quantitative estimate of drug-likeness (QED) is 0.174. The maximum atomic E-state index is 12.7. The molecule has 7 nitrogen and oxygen atoms in total. The van der Waals surface area contributed by atoms with Crippen molar-refractivity contribution >= 4 is 40.4 Å². The number of carbonyl (C=O) groups is 3. The van der Waals surface area contributed by atoms with Gasteiger partial charge in [0.05, 0.1) is 16.8 Å². The molecule has 0 aromatic heterocycles. The van der Waals surface area contributed by atoms with E-state index < -0.39 is 17.8 Å². The number of hydrogen-bond donors (Lipinski definition) is 2. The smallest absolute Gasteiger partial charge is 0.344 e. The molecule has 35 heavy (non-hydrogen) atoms. The first kappa shape index (κ1) is 23.0. The number of carboxylic acids is 1. The summed E-state index contributed by atoms with van der Waals surface area (Å²) in [5, 5.41) is 22.9. The highest BCUT2D eigenvalue weighted by Gasteiger charge is 2.15. The molecule has 1 amide bonds. The molecule has 0 heterocycles. The van der Waals surface area contributed by atoms with Crippen molar-refractivity contribution in [3.8, 4) is 11.8 Å². The Morgan fingerprint density at radius 1 is 0.829 bits per heavy atom. The van der Waals surface area contributed by atoms with Crippen LogP contribution < -0.4 is 10.1 Å². The fourth-order valence-electron chi connectivity index (χ4n) is 3.48. The molecular weight excluding hydrogens is 444 g/mol. The van der Waals surface area contributed by atoms with Crippen LogP contribution in [0.4, 0.5) is 5.69 Å². The third kappa shape index (κ3) is 5.24. The molecular formula is C28H18N2O5. The first-order chi connectivity index (χ1) is 17.0. The Morgan fingerprint density at radius 2 is 1.49 bits per heavy atom. The van der Waals surface area contributed by atoms with Gasteiger partial charge in [-0.15, -0.1) is 0 Å². The van der Waals surface area contributed by atoms with Crippen LogP contribution in [0.15, 0.2) is 96.6 Å². The van der Waals surface area contributed by atoms with Gasteiger partial charge in [-0.05, 0) is 52.7 Å². The van der Waals surface area contributed by atoms with Crippen molar-refractivity contribution in [1.82, 2.24) is 0 Å². The number of amides is 1. The molecule has 0 aliphatic heterocycles. The number of aromatic carboxylic acids is 1. The molecule has 170 valence electrons. The Kier molecular flexibility index (Phi) is 6.66. The van der Waals surface area contributed by atoms with E-state index in [0.717, 1.165) is 10.8 Å². The van der Waals surface area contributed by atoms with Gasteiger partial charge in [0.15, 0.2) is 0 Å². The lowest BCUT2D eigenvalue weighted by Gasteiger charge is -2.08.